The van der Waals surface area contributed by atoms with E-state index in [0.717, 1.165) is 56.6 Å². The second kappa shape index (κ2) is 12.9. The number of amides is 2. The summed E-state index contributed by atoms with van der Waals surface area (Å²) in [5, 5.41) is 15.7. The molecule has 208 valence electrons. The van der Waals surface area contributed by atoms with Crippen LogP contribution in [0.1, 0.15) is 49.5 Å². The van der Waals surface area contributed by atoms with Gasteiger partial charge in [0.25, 0.3) is 0 Å². The number of aromatic nitrogens is 5. The Bertz CT molecular complexity index is 1220. The van der Waals surface area contributed by atoms with E-state index in [-0.39, 0.29) is 24.4 Å². The first kappa shape index (κ1) is 26.9. The fourth-order valence-electron chi connectivity index (χ4n) is 5.23. The van der Waals surface area contributed by atoms with E-state index in [4.69, 9.17) is 9.15 Å². The fraction of sp³-hybridized carbons (Fsp3) is 0.556. The van der Waals surface area contributed by atoms with Crippen LogP contribution in [0.3, 0.4) is 0 Å². The van der Waals surface area contributed by atoms with E-state index in [9.17, 15) is 9.59 Å². The van der Waals surface area contributed by atoms with Crippen LogP contribution in [-0.4, -0.2) is 92.2 Å². The number of tetrazole rings is 1. The number of aryl methyl sites for hydroxylation is 1. The predicted molar refractivity (Wildman–Crippen MR) is 141 cm³/mol. The molecule has 3 aromatic rings. The van der Waals surface area contributed by atoms with Crippen LogP contribution in [0.4, 0.5) is 0 Å². The van der Waals surface area contributed by atoms with Crippen molar-refractivity contribution in [2.75, 3.05) is 39.4 Å². The van der Waals surface area contributed by atoms with Crippen molar-refractivity contribution in [2.24, 2.45) is 0 Å². The van der Waals surface area contributed by atoms with Crippen LogP contribution in [-0.2, 0) is 20.9 Å². The third kappa shape index (κ3) is 7.07. The van der Waals surface area contributed by atoms with E-state index in [1.165, 1.54) is 4.80 Å². The summed E-state index contributed by atoms with van der Waals surface area (Å²) in [4.78, 5) is 36.9. The molecule has 0 spiro atoms. The summed E-state index contributed by atoms with van der Waals surface area (Å²) in [7, 11) is 0. The zero-order valence-electron chi connectivity index (χ0n) is 22.4. The third-order valence-electron chi connectivity index (χ3n) is 7.27. The van der Waals surface area contributed by atoms with Crippen molar-refractivity contribution in [3.63, 3.8) is 0 Å². The highest BCUT2D eigenvalue weighted by atomic mass is 16.5. The molecule has 1 aliphatic heterocycles. The van der Waals surface area contributed by atoms with Crippen LogP contribution in [0, 0.1) is 6.92 Å². The van der Waals surface area contributed by atoms with E-state index in [2.05, 4.69) is 30.6 Å². The number of furan rings is 1. The molecule has 0 aromatic carbocycles. The highest BCUT2D eigenvalue weighted by Gasteiger charge is 2.33. The Kier molecular flexibility index (Phi) is 8.94. The molecule has 0 bridgehead atoms. The van der Waals surface area contributed by atoms with Gasteiger partial charge in [0, 0.05) is 44.6 Å². The smallest absolute Gasteiger partial charge is 0.247 e. The first-order valence-electron chi connectivity index (χ1n) is 13.7. The van der Waals surface area contributed by atoms with Crippen molar-refractivity contribution in [3.8, 4) is 11.6 Å². The van der Waals surface area contributed by atoms with Crippen molar-refractivity contribution in [3.05, 3.63) is 48.0 Å². The van der Waals surface area contributed by atoms with Crippen LogP contribution in [0.15, 0.2) is 41.1 Å². The molecule has 1 saturated carbocycles. The highest BCUT2D eigenvalue weighted by molar-refractivity contribution is 5.88. The number of nitrogens with one attached hydrogen (secondary N) is 1. The number of carbonyl (C=O) groups is 2. The van der Waals surface area contributed by atoms with Gasteiger partial charge in [-0.05, 0) is 61.2 Å². The van der Waals surface area contributed by atoms with E-state index in [1.807, 2.05) is 13.0 Å². The topological polar surface area (TPSA) is 132 Å². The van der Waals surface area contributed by atoms with E-state index >= 15 is 0 Å². The Morgan fingerprint density at radius 1 is 1.13 bits per heavy atom. The van der Waals surface area contributed by atoms with Gasteiger partial charge in [-0.25, -0.2) is 0 Å². The molecule has 5 rings (SSSR count). The molecule has 0 radical (unpaired) electrons. The lowest BCUT2D eigenvalue weighted by Crippen LogP contribution is -2.48. The molecule has 12 heteroatoms. The van der Waals surface area contributed by atoms with Gasteiger partial charge < -0.3 is 19.4 Å². The largest absolute Gasteiger partial charge is 0.458 e. The number of pyridine rings is 1. The first-order valence-corrected chi connectivity index (χ1v) is 13.7. The number of carbonyl (C=O) groups excluding carboxylic acids is 2. The summed E-state index contributed by atoms with van der Waals surface area (Å²) in [6.45, 7) is 6.04. The van der Waals surface area contributed by atoms with Gasteiger partial charge in [0.15, 0.2) is 5.76 Å². The third-order valence-corrected chi connectivity index (χ3v) is 7.27. The monoisotopic (exact) mass is 536 g/mol. The molecule has 2 aliphatic rings. The summed E-state index contributed by atoms with van der Waals surface area (Å²) in [6, 6.07) is 6.52. The normalized spacial score (nSPS) is 17.3. The summed E-state index contributed by atoms with van der Waals surface area (Å²) in [5.41, 5.74) is 0.721. The summed E-state index contributed by atoms with van der Waals surface area (Å²) in [5.74, 6) is 1.09. The molecule has 1 aliphatic carbocycles. The van der Waals surface area contributed by atoms with Crippen LogP contribution < -0.4 is 5.32 Å². The maximum atomic E-state index is 13.8. The maximum Gasteiger partial charge on any atom is 0.247 e. The van der Waals surface area contributed by atoms with Gasteiger partial charge in [0.1, 0.15) is 18.3 Å². The average molecular weight is 537 g/mol. The summed E-state index contributed by atoms with van der Waals surface area (Å²) >= 11 is 0. The minimum absolute atomic E-state index is 0.128. The molecular weight excluding hydrogens is 500 g/mol. The minimum atomic E-state index is -0.790. The minimum Gasteiger partial charge on any atom is -0.458 e. The first-order chi connectivity index (χ1) is 19.1. The Balaban J connectivity index is 1.36. The maximum absolute atomic E-state index is 13.8. The average Bonchev–Trinajstić information content (AvgIpc) is 3.72. The quantitative estimate of drug-likeness (QED) is 0.391. The Labute approximate surface area is 227 Å². The number of nitrogens with zero attached hydrogens (tertiary/aromatic N) is 7. The summed E-state index contributed by atoms with van der Waals surface area (Å²) < 4.78 is 11.1. The molecule has 12 nitrogen and oxygen atoms in total. The van der Waals surface area contributed by atoms with Gasteiger partial charge >= 0.3 is 0 Å². The van der Waals surface area contributed by atoms with Crippen LogP contribution in [0.25, 0.3) is 11.6 Å². The molecule has 39 heavy (non-hydrogen) atoms. The zero-order valence-corrected chi connectivity index (χ0v) is 22.4. The molecule has 0 unspecified atom stereocenters. The molecule has 3 aromatic heterocycles. The van der Waals surface area contributed by atoms with E-state index in [0.29, 0.717) is 37.8 Å². The molecular formula is C27H36N8O4. The van der Waals surface area contributed by atoms with Crippen LogP contribution in [0.5, 0.6) is 0 Å². The van der Waals surface area contributed by atoms with Gasteiger partial charge in [0.05, 0.1) is 13.2 Å². The lowest BCUT2D eigenvalue weighted by molar-refractivity contribution is -0.142. The van der Waals surface area contributed by atoms with Gasteiger partial charge in [-0.2, -0.15) is 4.80 Å². The Morgan fingerprint density at radius 3 is 2.62 bits per heavy atom. The Morgan fingerprint density at radius 2 is 1.90 bits per heavy atom. The molecule has 1 N–H and O–H groups in total. The summed E-state index contributed by atoms with van der Waals surface area (Å²) in [6.07, 6.45) is 8.13. The van der Waals surface area contributed by atoms with Crippen molar-refractivity contribution in [1.82, 2.24) is 40.3 Å². The highest BCUT2D eigenvalue weighted by Crippen LogP contribution is 2.25. The molecule has 4 heterocycles. The fourth-order valence-corrected chi connectivity index (χ4v) is 5.23. The van der Waals surface area contributed by atoms with Crippen LogP contribution >= 0.6 is 0 Å². The van der Waals surface area contributed by atoms with Crippen LogP contribution in [0.2, 0.25) is 0 Å². The van der Waals surface area contributed by atoms with Crippen molar-refractivity contribution in [2.45, 2.75) is 57.7 Å². The Hall–Kier alpha value is -3.64. The zero-order chi connectivity index (χ0) is 27.0. The molecule has 2 amide bonds. The van der Waals surface area contributed by atoms with Gasteiger partial charge in [-0.1, -0.05) is 12.8 Å². The van der Waals surface area contributed by atoms with Gasteiger partial charge in [-0.15, -0.1) is 10.2 Å². The number of morpholine rings is 1. The number of rotatable bonds is 11. The van der Waals surface area contributed by atoms with Crippen molar-refractivity contribution >= 4 is 11.8 Å². The molecule has 2 fully saturated rings. The molecule has 1 saturated heterocycles. The van der Waals surface area contributed by atoms with E-state index < -0.39 is 6.04 Å². The lowest BCUT2D eigenvalue weighted by Gasteiger charge is -2.33. The second-order valence-electron chi connectivity index (χ2n) is 10.1. The van der Waals surface area contributed by atoms with Crippen molar-refractivity contribution < 1.29 is 18.7 Å². The SMILES string of the molecule is Cc1ccc(-c2nnn(CC(=O)N(CCCN3CCOCC3)[C@H](C(=O)NC3CCCC3)c3ccncc3)n2)o1. The van der Waals surface area contributed by atoms with E-state index in [1.54, 1.807) is 35.5 Å². The van der Waals surface area contributed by atoms with Crippen molar-refractivity contribution in [1.29, 1.82) is 0 Å². The number of hydrogen-bond acceptors (Lipinski definition) is 9. The van der Waals surface area contributed by atoms with Gasteiger partial charge in [-0.3, -0.25) is 19.5 Å². The molecule has 1 atom stereocenters. The number of hydrogen-bond donors (Lipinski definition) is 1. The second-order valence-corrected chi connectivity index (χ2v) is 10.1. The number of ether oxygens (including phenoxy) is 1. The lowest BCUT2D eigenvalue weighted by atomic mass is 10.0. The standard InChI is InChI=1S/C27H36N8O4/c1-20-7-8-23(39-20)26-30-32-35(31-26)19-24(36)34(14-4-13-33-15-17-38-18-16-33)25(21-9-11-28-12-10-21)27(37)29-22-5-2-3-6-22/h7-12,22,25H,2-6,13-19H2,1H3,(H,29,37)/t25-/m0/s1. The predicted octanol–water partition coefficient (Wildman–Crippen LogP) is 1.99. The van der Waals surface area contributed by atoms with Gasteiger partial charge in [0.2, 0.25) is 17.6 Å².